The molecule has 1 aliphatic heterocycles. The molecular weight excluding hydrogens is 138 g/mol. The van der Waals surface area contributed by atoms with Crippen LogP contribution in [0.5, 0.6) is 0 Å². The fourth-order valence-electron chi connectivity index (χ4n) is 1.85. The summed E-state index contributed by atoms with van der Waals surface area (Å²) in [5.74, 6) is 0.705. The van der Waals surface area contributed by atoms with Gasteiger partial charge in [0.1, 0.15) is 0 Å². The van der Waals surface area contributed by atoms with Gasteiger partial charge in [-0.2, -0.15) is 0 Å². The van der Waals surface area contributed by atoms with Gasteiger partial charge in [0.05, 0.1) is 0 Å². The fraction of sp³-hybridized carbons (Fsp3) is 1.00. The van der Waals surface area contributed by atoms with Crippen LogP contribution in [0.4, 0.5) is 0 Å². The topological polar surface area (TPSA) is 21.3 Å². The molecule has 1 aliphatic rings. The smallest absolute Gasteiger partial charge is 0.0483 e. The van der Waals surface area contributed by atoms with Gasteiger partial charge in [-0.1, -0.05) is 13.8 Å². The molecule has 1 fully saturated rings. The Balaban J connectivity index is 2.57. The van der Waals surface area contributed by atoms with E-state index < -0.39 is 0 Å². The maximum Gasteiger partial charge on any atom is 0.0483 e. The zero-order valence-electron chi connectivity index (χ0n) is 7.81. The highest BCUT2D eigenvalue weighted by atomic mass is 16.5. The molecule has 0 aliphatic carbocycles. The van der Waals surface area contributed by atoms with Crippen molar-refractivity contribution >= 4 is 0 Å². The number of hydrogen-bond donors (Lipinski definition) is 1. The van der Waals surface area contributed by atoms with Crippen molar-refractivity contribution in [3.63, 3.8) is 0 Å². The Morgan fingerprint density at radius 2 is 1.82 bits per heavy atom. The second kappa shape index (κ2) is 3.55. The number of ether oxygens (including phenoxy) is 1. The van der Waals surface area contributed by atoms with E-state index in [0.29, 0.717) is 11.5 Å². The van der Waals surface area contributed by atoms with Crippen LogP contribution in [0, 0.1) is 5.92 Å². The van der Waals surface area contributed by atoms with Crippen molar-refractivity contribution in [2.24, 2.45) is 5.92 Å². The van der Waals surface area contributed by atoms with E-state index in [4.69, 9.17) is 4.74 Å². The van der Waals surface area contributed by atoms with E-state index in [0.717, 1.165) is 26.1 Å². The molecule has 0 aromatic heterocycles. The predicted octanol–water partition coefficient (Wildman–Crippen LogP) is 1.41. The van der Waals surface area contributed by atoms with Crippen LogP contribution in [-0.4, -0.2) is 25.8 Å². The zero-order chi connectivity index (χ0) is 8.32. The molecule has 0 unspecified atom stereocenters. The first-order chi connectivity index (χ1) is 5.21. The zero-order valence-corrected chi connectivity index (χ0v) is 7.81. The van der Waals surface area contributed by atoms with Gasteiger partial charge in [-0.3, -0.25) is 0 Å². The lowest BCUT2D eigenvalue weighted by Crippen LogP contribution is -2.51. The summed E-state index contributed by atoms with van der Waals surface area (Å²) in [6, 6.07) is 0. The average Bonchev–Trinajstić information content (AvgIpc) is 2.05. The van der Waals surface area contributed by atoms with E-state index in [2.05, 4.69) is 26.2 Å². The lowest BCUT2D eigenvalue weighted by molar-refractivity contribution is 0.0220. The molecule has 0 amide bonds. The third-order valence-corrected chi connectivity index (χ3v) is 2.99. The number of nitrogens with one attached hydrogen (secondary N) is 1. The third kappa shape index (κ3) is 1.74. The summed E-state index contributed by atoms with van der Waals surface area (Å²) in [5, 5.41) is 3.44. The Bertz CT molecular complexity index is 117. The second-order valence-corrected chi connectivity index (χ2v) is 3.67. The van der Waals surface area contributed by atoms with Crippen molar-refractivity contribution in [2.45, 2.75) is 32.2 Å². The summed E-state index contributed by atoms with van der Waals surface area (Å²) in [6.45, 7) is 6.39. The minimum atomic E-state index is 0.345. The molecule has 0 radical (unpaired) electrons. The summed E-state index contributed by atoms with van der Waals surface area (Å²) in [7, 11) is 2.06. The molecule has 0 atom stereocenters. The summed E-state index contributed by atoms with van der Waals surface area (Å²) in [5.41, 5.74) is 0.345. The Hall–Kier alpha value is -0.0800. The first-order valence-electron chi connectivity index (χ1n) is 4.48. The van der Waals surface area contributed by atoms with Crippen LogP contribution in [0.15, 0.2) is 0 Å². The van der Waals surface area contributed by atoms with Crippen LogP contribution in [0.1, 0.15) is 26.7 Å². The van der Waals surface area contributed by atoms with Crippen LogP contribution in [0.2, 0.25) is 0 Å². The molecule has 0 saturated carbocycles. The minimum Gasteiger partial charge on any atom is -0.381 e. The molecular formula is C9H19NO. The molecule has 0 bridgehead atoms. The largest absolute Gasteiger partial charge is 0.381 e. The van der Waals surface area contributed by atoms with Gasteiger partial charge in [0.25, 0.3) is 0 Å². The van der Waals surface area contributed by atoms with E-state index in [1.165, 1.54) is 0 Å². The van der Waals surface area contributed by atoms with E-state index in [-0.39, 0.29) is 0 Å². The van der Waals surface area contributed by atoms with Gasteiger partial charge in [-0.05, 0) is 25.8 Å². The van der Waals surface area contributed by atoms with Crippen molar-refractivity contribution in [3.05, 3.63) is 0 Å². The van der Waals surface area contributed by atoms with Gasteiger partial charge in [0.2, 0.25) is 0 Å². The van der Waals surface area contributed by atoms with Crippen LogP contribution >= 0.6 is 0 Å². The molecule has 1 heterocycles. The predicted molar refractivity (Wildman–Crippen MR) is 46.7 cm³/mol. The first kappa shape index (κ1) is 9.01. The quantitative estimate of drug-likeness (QED) is 0.654. The second-order valence-electron chi connectivity index (χ2n) is 3.67. The van der Waals surface area contributed by atoms with Crippen molar-refractivity contribution in [1.82, 2.24) is 5.32 Å². The van der Waals surface area contributed by atoms with E-state index in [1.54, 1.807) is 0 Å². The van der Waals surface area contributed by atoms with Crippen molar-refractivity contribution < 1.29 is 4.74 Å². The van der Waals surface area contributed by atoms with Crippen LogP contribution in [0.3, 0.4) is 0 Å². The molecule has 2 nitrogen and oxygen atoms in total. The molecule has 2 heteroatoms. The molecule has 1 saturated heterocycles. The summed E-state index contributed by atoms with van der Waals surface area (Å²) < 4.78 is 5.34. The van der Waals surface area contributed by atoms with Crippen LogP contribution in [0.25, 0.3) is 0 Å². The monoisotopic (exact) mass is 157 g/mol. The van der Waals surface area contributed by atoms with Crippen molar-refractivity contribution in [1.29, 1.82) is 0 Å². The highest BCUT2D eigenvalue weighted by Gasteiger charge is 2.33. The SMILES string of the molecule is CNC1(C(C)C)CCOCC1. The lowest BCUT2D eigenvalue weighted by atomic mass is 9.80. The van der Waals surface area contributed by atoms with Gasteiger partial charge < -0.3 is 10.1 Å². The molecule has 0 aromatic rings. The first-order valence-corrected chi connectivity index (χ1v) is 4.48. The summed E-state index contributed by atoms with van der Waals surface area (Å²) in [4.78, 5) is 0. The van der Waals surface area contributed by atoms with Gasteiger partial charge in [-0.25, -0.2) is 0 Å². The average molecular weight is 157 g/mol. The molecule has 66 valence electrons. The molecule has 11 heavy (non-hydrogen) atoms. The minimum absolute atomic E-state index is 0.345. The lowest BCUT2D eigenvalue weighted by Gasteiger charge is -2.40. The van der Waals surface area contributed by atoms with Gasteiger partial charge >= 0.3 is 0 Å². The molecule has 1 rings (SSSR count). The highest BCUT2D eigenvalue weighted by Crippen LogP contribution is 2.27. The Labute approximate surface area is 69.3 Å². The van der Waals surface area contributed by atoms with Crippen LogP contribution < -0.4 is 5.32 Å². The Morgan fingerprint density at radius 3 is 2.09 bits per heavy atom. The normalized spacial score (nSPS) is 24.0. The van der Waals surface area contributed by atoms with E-state index in [1.807, 2.05) is 0 Å². The molecule has 0 aromatic carbocycles. The maximum atomic E-state index is 5.34. The van der Waals surface area contributed by atoms with E-state index >= 15 is 0 Å². The Morgan fingerprint density at radius 1 is 1.27 bits per heavy atom. The summed E-state index contributed by atoms with van der Waals surface area (Å²) >= 11 is 0. The number of rotatable bonds is 2. The fourth-order valence-corrected chi connectivity index (χ4v) is 1.85. The molecule has 1 N–H and O–H groups in total. The van der Waals surface area contributed by atoms with Gasteiger partial charge in [0.15, 0.2) is 0 Å². The highest BCUT2D eigenvalue weighted by molar-refractivity contribution is 4.91. The standard InChI is InChI=1S/C9H19NO/c1-8(2)9(10-3)4-6-11-7-5-9/h8,10H,4-7H2,1-3H3. The summed E-state index contributed by atoms with van der Waals surface area (Å²) in [6.07, 6.45) is 2.31. The van der Waals surface area contributed by atoms with Crippen molar-refractivity contribution in [3.8, 4) is 0 Å². The third-order valence-electron chi connectivity index (χ3n) is 2.99. The maximum absolute atomic E-state index is 5.34. The van der Waals surface area contributed by atoms with Crippen LogP contribution in [-0.2, 0) is 4.74 Å². The van der Waals surface area contributed by atoms with E-state index in [9.17, 15) is 0 Å². The Kier molecular flexibility index (Phi) is 2.90. The van der Waals surface area contributed by atoms with Crippen molar-refractivity contribution in [2.75, 3.05) is 20.3 Å². The number of hydrogen-bond acceptors (Lipinski definition) is 2. The van der Waals surface area contributed by atoms with Gasteiger partial charge in [0, 0.05) is 18.8 Å². The van der Waals surface area contributed by atoms with Gasteiger partial charge in [-0.15, -0.1) is 0 Å². The molecule has 0 spiro atoms.